The average Bonchev–Trinajstić information content (AvgIpc) is 2.58. The Hall–Kier alpha value is -2.66. The predicted octanol–water partition coefficient (Wildman–Crippen LogP) is 2.69. The molecule has 2 amide bonds. The monoisotopic (exact) mass is 326 g/mol. The zero-order chi connectivity index (χ0) is 17.4. The molecule has 0 heterocycles. The largest absolute Gasteiger partial charge is 0.367 e. The van der Waals surface area contributed by atoms with Gasteiger partial charge in [0.15, 0.2) is 6.10 Å². The Balaban J connectivity index is 1.84. The lowest BCUT2D eigenvalue weighted by Gasteiger charge is -2.15. The summed E-state index contributed by atoms with van der Waals surface area (Å²) in [6.45, 7) is 1.99. The molecule has 2 aromatic rings. The van der Waals surface area contributed by atoms with E-state index in [9.17, 15) is 9.59 Å². The summed E-state index contributed by atoms with van der Waals surface area (Å²) in [7, 11) is 1.53. The van der Waals surface area contributed by atoms with Gasteiger partial charge in [-0.1, -0.05) is 42.5 Å². The number of nitrogens with one attached hydrogen (secondary N) is 2. The van der Waals surface area contributed by atoms with Crippen LogP contribution in [-0.2, 0) is 20.7 Å². The molecule has 0 aliphatic heterocycles. The van der Waals surface area contributed by atoms with Crippen molar-refractivity contribution in [2.75, 3.05) is 19.0 Å². The fraction of sp³-hybridized carbons (Fsp3) is 0.263. The molecule has 0 saturated carbocycles. The summed E-state index contributed by atoms with van der Waals surface area (Å²) in [5.74, 6) is -0.250. The van der Waals surface area contributed by atoms with Crippen LogP contribution < -0.4 is 10.6 Å². The molecule has 0 spiro atoms. The highest BCUT2D eigenvalue weighted by atomic mass is 16.5. The molecule has 2 N–H and O–H groups in total. The van der Waals surface area contributed by atoms with Crippen LogP contribution >= 0.6 is 0 Å². The lowest BCUT2D eigenvalue weighted by atomic mass is 10.1. The van der Waals surface area contributed by atoms with Gasteiger partial charge in [0, 0.05) is 26.3 Å². The van der Waals surface area contributed by atoms with Crippen molar-refractivity contribution < 1.29 is 14.3 Å². The van der Waals surface area contributed by atoms with Crippen LogP contribution in [-0.4, -0.2) is 25.5 Å². The van der Waals surface area contributed by atoms with Gasteiger partial charge in [-0.3, -0.25) is 9.59 Å². The Bertz CT molecular complexity index is 669. The van der Waals surface area contributed by atoms with E-state index < -0.39 is 6.10 Å². The molecule has 126 valence electrons. The summed E-state index contributed by atoms with van der Waals surface area (Å²) in [5, 5.41) is 5.62. The van der Waals surface area contributed by atoms with Crippen LogP contribution in [0.4, 0.5) is 5.69 Å². The molecule has 2 rings (SSSR count). The maximum Gasteiger partial charge on any atom is 0.253 e. The summed E-state index contributed by atoms with van der Waals surface area (Å²) >= 11 is 0. The topological polar surface area (TPSA) is 67.4 Å². The van der Waals surface area contributed by atoms with Gasteiger partial charge >= 0.3 is 0 Å². The molecule has 1 atom stereocenters. The minimum atomic E-state index is -0.603. The molecule has 5 heteroatoms. The van der Waals surface area contributed by atoms with Gasteiger partial charge in [-0.15, -0.1) is 0 Å². The van der Waals surface area contributed by atoms with E-state index in [1.807, 2.05) is 54.6 Å². The molecule has 0 aliphatic rings. The van der Waals surface area contributed by atoms with E-state index in [1.165, 1.54) is 14.0 Å². The van der Waals surface area contributed by atoms with E-state index in [4.69, 9.17) is 4.74 Å². The predicted molar refractivity (Wildman–Crippen MR) is 93.7 cm³/mol. The summed E-state index contributed by atoms with van der Waals surface area (Å²) in [6, 6.07) is 17.0. The summed E-state index contributed by atoms with van der Waals surface area (Å²) in [6.07, 6.45) is 0.102. The Morgan fingerprint density at radius 2 is 1.71 bits per heavy atom. The highest BCUT2D eigenvalue weighted by Gasteiger charge is 2.18. The number of carbonyl (C=O) groups is 2. The minimum Gasteiger partial charge on any atom is -0.367 e. The van der Waals surface area contributed by atoms with E-state index in [1.54, 1.807) is 0 Å². The molecule has 0 saturated heterocycles. The van der Waals surface area contributed by atoms with E-state index in [0.717, 1.165) is 16.8 Å². The number of benzene rings is 2. The smallest absolute Gasteiger partial charge is 0.253 e. The van der Waals surface area contributed by atoms with Gasteiger partial charge in [0.1, 0.15) is 0 Å². The second-order valence-electron chi connectivity index (χ2n) is 5.45. The molecule has 0 bridgehead atoms. The molecular weight excluding hydrogens is 304 g/mol. The van der Waals surface area contributed by atoms with Crippen LogP contribution in [0.15, 0.2) is 54.6 Å². The zero-order valence-electron chi connectivity index (χ0n) is 13.9. The first-order chi connectivity index (χ1) is 11.6. The van der Waals surface area contributed by atoms with E-state index in [-0.39, 0.29) is 11.8 Å². The van der Waals surface area contributed by atoms with E-state index in [2.05, 4.69) is 10.6 Å². The Morgan fingerprint density at radius 1 is 1.04 bits per heavy atom. The fourth-order valence-electron chi connectivity index (χ4n) is 2.40. The SMILES string of the molecule is CO[C@@H](C(=O)NCCc1ccc(NC(C)=O)cc1)c1ccccc1. The van der Waals surface area contributed by atoms with Crippen molar-refractivity contribution in [1.29, 1.82) is 0 Å². The molecule has 5 nitrogen and oxygen atoms in total. The Morgan fingerprint density at radius 3 is 2.29 bits per heavy atom. The van der Waals surface area contributed by atoms with Crippen molar-refractivity contribution in [3.63, 3.8) is 0 Å². The van der Waals surface area contributed by atoms with Gasteiger partial charge < -0.3 is 15.4 Å². The minimum absolute atomic E-state index is 0.0958. The fourth-order valence-corrected chi connectivity index (χ4v) is 2.40. The lowest BCUT2D eigenvalue weighted by Crippen LogP contribution is -2.31. The van der Waals surface area contributed by atoms with Crippen LogP contribution in [0.1, 0.15) is 24.2 Å². The lowest BCUT2D eigenvalue weighted by molar-refractivity contribution is -0.131. The van der Waals surface area contributed by atoms with Crippen molar-refractivity contribution >= 4 is 17.5 Å². The van der Waals surface area contributed by atoms with Crippen LogP contribution in [0, 0.1) is 0 Å². The van der Waals surface area contributed by atoms with Crippen LogP contribution in [0.25, 0.3) is 0 Å². The molecule has 0 aromatic heterocycles. The van der Waals surface area contributed by atoms with Crippen molar-refractivity contribution in [3.8, 4) is 0 Å². The molecule has 2 aromatic carbocycles. The quantitative estimate of drug-likeness (QED) is 0.822. The number of carbonyl (C=O) groups excluding carboxylic acids is 2. The highest BCUT2D eigenvalue weighted by Crippen LogP contribution is 2.16. The van der Waals surface area contributed by atoms with Crippen molar-refractivity contribution in [3.05, 3.63) is 65.7 Å². The van der Waals surface area contributed by atoms with Gasteiger partial charge in [-0.2, -0.15) is 0 Å². The second kappa shape index (κ2) is 8.84. The van der Waals surface area contributed by atoms with Crippen LogP contribution in [0.5, 0.6) is 0 Å². The summed E-state index contributed by atoms with van der Waals surface area (Å²) in [4.78, 5) is 23.2. The normalized spacial score (nSPS) is 11.6. The van der Waals surface area contributed by atoms with E-state index >= 15 is 0 Å². The molecule has 0 aliphatic carbocycles. The number of ether oxygens (including phenoxy) is 1. The number of methoxy groups -OCH3 is 1. The zero-order valence-corrected chi connectivity index (χ0v) is 13.9. The number of hydrogen-bond acceptors (Lipinski definition) is 3. The second-order valence-corrected chi connectivity index (χ2v) is 5.45. The standard InChI is InChI=1S/C19H22N2O3/c1-14(22)21-17-10-8-15(9-11-17)12-13-20-19(23)18(24-2)16-6-4-3-5-7-16/h3-11,18H,12-13H2,1-2H3,(H,20,23)(H,21,22)/t18-/m1/s1. The van der Waals surface area contributed by atoms with E-state index in [0.29, 0.717) is 13.0 Å². The van der Waals surface area contributed by atoms with Gasteiger partial charge in [0.2, 0.25) is 5.91 Å². The molecule has 0 radical (unpaired) electrons. The molecule has 24 heavy (non-hydrogen) atoms. The number of rotatable bonds is 7. The third-order valence-electron chi connectivity index (χ3n) is 3.56. The first-order valence-corrected chi connectivity index (χ1v) is 7.82. The Kier molecular flexibility index (Phi) is 6.51. The molecule has 0 fully saturated rings. The number of amides is 2. The van der Waals surface area contributed by atoms with Crippen molar-refractivity contribution in [1.82, 2.24) is 5.32 Å². The Labute approximate surface area is 142 Å². The van der Waals surface area contributed by atoms with Gasteiger partial charge in [0.25, 0.3) is 5.91 Å². The van der Waals surface area contributed by atoms with Crippen molar-refractivity contribution in [2.24, 2.45) is 0 Å². The molecule has 0 unspecified atom stereocenters. The maximum absolute atomic E-state index is 12.3. The average molecular weight is 326 g/mol. The number of hydrogen-bond donors (Lipinski definition) is 2. The van der Waals surface area contributed by atoms with Gasteiger partial charge in [-0.25, -0.2) is 0 Å². The first-order valence-electron chi connectivity index (χ1n) is 7.82. The van der Waals surface area contributed by atoms with Gasteiger partial charge in [0.05, 0.1) is 0 Å². The summed E-state index contributed by atoms with van der Waals surface area (Å²) < 4.78 is 5.30. The maximum atomic E-state index is 12.3. The van der Waals surface area contributed by atoms with Crippen LogP contribution in [0.3, 0.4) is 0 Å². The van der Waals surface area contributed by atoms with Crippen LogP contribution in [0.2, 0.25) is 0 Å². The highest BCUT2D eigenvalue weighted by molar-refractivity contribution is 5.88. The first kappa shape index (κ1) is 17.7. The number of anilines is 1. The molecular formula is C19H22N2O3. The van der Waals surface area contributed by atoms with Gasteiger partial charge in [-0.05, 0) is 29.7 Å². The summed E-state index contributed by atoms with van der Waals surface area (Å²) in [5.41, 5.74) is 2.68. The third-order valence-corrected chi connectivity index (χ3v) is 3.56. The third kappa shape index (κ3) is 5.21. The van der Waals surface area contributed by atoms with Crippen molar-refractivity contribution in [2.45, 2.75) is 19.4 Å².